The highest BCUT2D eigenvalue weighted by atomic mass is 32.2. The van der Waals surface area contributed by atoms with Gasteiger partial charge in [0.15, 0.2) is 0 Å². The van der Waals surface area contributed by atoms with E-state index in [0.717, 1.165) is 17.1 Å². The van der Waals surface area contributed by atoms with Crippen LogP contribution in [0, 0.1) is 0 Å². The molecule has 178 valence electrons. The number of esters is 1. The fourth-order valence-electron chi connectivity index (χ4n) is 3.25. The number of benzene rings is 1. The van der Waals surface area contributed by atoms with Crippen molar-refractivity contribution in [3.8, 4) is 0 Å². The Morgan fingerprint density at radius 1 is 1.21 bits per heavy atom. The first-order valence-corrected chi connectivity index (χ1v) is 13.2. The van der Waals surface area contributed by atoms with Crippen molar-refractivity contribution in [3.05, 3.63) is 41.9 Å². The summed E-state index contributed by atoms with van der Waals surface area (Å²) in [4.78, 5) is 17.0. The molecule has 1 aliphatic rings. The topological polar surface area (TPSA) is 141 Å². The van der Waals surface area contributed by atoms with Gasteiger partial charge in [0.25, 0.3) is 10.0 Å². The Bertz CT molecular complexity index is 1420. The highest BCUT2D eigenvalue weighted by Crippen LogP contribution is 2.24. The lowest BCUT2D eigenvalue weighted by molar-refractivity contribution is 0.0416. The molecule has 13 heteroatoms. The minimum atomic E-state index is -3.82. The van der Waals surface area contributed by atoms with E-state index in [1.54, 1.807) is 10.6 Å². The van der Waals surface area contributed by atoms with E-state index in [1.807, 2.05) is 6.92 Å². The van der Waals surface area contributed by atoms with Gasteiger partial charge < -0.3 is 13.7 Å². The average Bonchev–Trinajstić information content (AvgIpc) is 3.28. The highest BCUT2D eigenvalue weighted by Gasteiger charge is 2.30. The number of rotatable bonds is 9. The molecule has 0 amide bonds. The van der Waals surface area contributed by atoms with Crippen LogP contribution in [0.4, 0.5) is 0 Å². The van der Waals surface area contributed by atoms with E-state index in [0.29, 0.717) is 23.4 Å². The molecule has 1 fully saturated rings. The molecule has 0 aliphatic heterocycles. The molecule has 1 N–H and O–H groups in total. The number of ether oxygens (including phenoxy) is 1. The number of nitrogens with one attached hydrogen (secondary N) is 1. The molecule has 0 unspecified atom stereocenters. The van der Waals surface area contributed by atoms with Gasteiger partial charge in [-0.2, -0.15) is 0 Å². The van der Waals surface area contributed by atoms with Crippen LogP contribution in [-0.2, 0) is 37.9 Å². The summed E-state index contributed by atoms with van der Waals surface area (Å²) < 4.78 is 65.1. The van der Waals surface area contributed by atoms with Crippen LogP contribution in [0.5, 0.6) is 0 Å². The second kappa shape index (κ2) is 8.56. The van der Waals surface area contributed by atoms with Gasteiger partial charge in [0.2, 0.25) is 20.9 Å². The first-order chi connectivity index (χ1) is 15.5. The summed E-state index contributed by atoms with van der Waals surface area (Å²) in [7, 11) is -4.55. The van der Waals surface area contributed by atoms with E-state index in [-0.39, 0.29) is 28.4 Å². The largest absolute Gasteiger partial charge is 0.452 e. The maximum absolute atomic E-state index is 12.4. The fraction of sp³-hybridized carbons (Fsp3) is 0.400. The van der Waals surface area contributed by atoms with Gasteiger partial charge in [-0.25, -0.2) is 35.6 Å². The number of hydrogen-bond acceptors (Lipinski definition) is 8. The van der Waals surface area contributed by atoms with Crippen LogP contribution in [0.15, 0.2) is 44.7 Å². The molecule has 3 aromatic rings. The van der Waals surface area contributed by atoms with Crippen LogP contribution in [0.25, 0.3) is 11.0 Å². The number of furan rings is 1. The molecule has 0 radical (unpaired) electrons. The predicted octanol–water partition coefficient (Wildman–Crippen LogP) is 1.70. The van der Waals surface area contributed by atoms with Crippen LogP contribution in [0.2, 0.25) is 0 Å². The molecule has 0 atom stereocenters. The summed E-state index contributed by atoms with van der Waals surface area (Å²) >= 11 is 0. The van der Waals surface area contributed by atoms with Crippen molar-refractivity contribution in [3.63, 3.8) is 0 Å². The van der Waals surface area contributed by atoms with Crippen LogP contribution < -0.4 is 4.72 Å². The summed E-state index contributed by atoms with van der Waals surface area (Å²) in [5.74, 6) is -0.673. The molecular weight excluding hydrogens is 472 g/mol. The van der Waals surface area contributed by atoms with Crippen molar-refractivity contribution >= 4 is 37.0 Å². The average molecular weight is 497 g/mol. The van der Waals surface area contributed by atoms with E-state index < -0.39 is 26.0 Å². The Hall–Kier alpha value is -2.74. The molecule has 33 heavy (non-hydrogen) atoms. The lowest BCUT2D eigenvalue weighted by Gasteiger charge is -2.11. The molecule has 11 nitrogen and oxygen atoms in total. The molecular formula is C20H24N4O7S2. The van der Waals surface area contributed by atoms with Gasteiger partial charge in [0.05, 0.1) is 15.9 Å². The minimum Gasteiger partial charge on any atom is -0.452 e. The third-order valence-electron chi connectivity index (χ3n) is 5.17. The van der Waals surface area contributed by atoms with Crippen LogP contribution in [0.1, 0.15) is 36.1 Å². The molecule has 0 bridgehead atoms. The lowest BCUT2D eigenvalue weighted by Crippen LogP contribution is -2.25. The van der Waals surface area contributed by atoms with Crippen molar-refractivity contribution in [1.82, 2.24) is 18.6 Å². The number of nitrogens with zero attached hydrogens (tertiary/aromatic N) is 3. The molecule has 1 aliphatic carbocycles. The summed E-state index contributed by atoms with van der Waals surface area (Å²) in [6, 6.07) is 6.98. The number of aryl methyl sites for hydroxylation is 1. The van der Waals surface area contributed by atoms with Gasteiger partial charge in [-0.1, -0.05) is 0 Å². The monoisotopic (exact) mass is 496 g/mol. The molecule has 0 saturated heterocycles. The summed E-state index contributed by atoms with van der Waals surface area (Å²) in [5.41, 5.74) is 1.14. The Balaban J connectivity index is 1.52. The van der Waals surface area contributed by atoms with Crippen molar-refractivity contribution < 1.29 is 30.8 Å². The zero-order chi connectivity index (χ0) is 24.0. The third kappa shape index (κ3) is 4.67. The summed E-state index contributed by atoms with van der Waals surface area (Å²) in [6.45, 7) is 2.19. The van der Waals surface area contributed by atoms with Gasteiger partial charge in [-0.15, -0.1) is 0 Å². The normalized spacial score (nSPS) is 14.8. The quantitative estimate of drug-likeness (QED) is 0.441. The van der Waals surface area contributed by atoms with E-state index in [1.165, 1.54) is 38.4 Å². The molecule has 1 saturated carbocycles. The number of fused-ring (bicyclic) bond motifs is 1. The minimum absolute atomic E-state index is 0.0919. The summed E-state index contributed by atoms with van der Waals surface area (Å²) in [5, 5.41) is -0.350. The van der Waals surface area contributed by atoms with Gasteiger partial charge in [-0.05, 0) is 50.1 Å². The number of sulfonamides is 2. The molecule has 2 aromatic heterocycles. The number of carbonyl (C=O) groups excluding carboxylic acids is 1. The zero-order valence-electron chi connectivity index (χ0n) is 18.3. The van der Waals surface area contributed by atoms with Crippen LogP contribution in [0.3, 0.4) is 0 Å². The fourth-order valence-corrected chi connectivity index (χ4v) is 5.41. The molecule has 0 spiro atoms. The van der Waals surface area contributed by atoms with Gasteiger partial charge >= 0.3 is 5.97 Å². The van der Waals surface area contributed by atoms with E-state index in [4.69, 9.17) is 9.15 Å². The zero-order valence-corrected chi connectivity index (χ0v) is 19.9. The van der Waals surface area contributed by atoms with Crippen molar-refractivity contribution in [2.24, 2.45) is 0 Å². The Morgan fingerprint density at radius 3 is 2.58 bits per heavy atom. The van der Waals surface area contributed by atoms with Crippen molar-refractivity contribution in [1.29, 1.82) is 0 Å². The van der Waals surface area contributed by atoms with Crippen molar-refractivity contribution in [2.75, 3.05) is 14.1 Å². The first-order valence-electron chi connectivity index (χ1n) is 10.2. The summed E-state index contributed by atoms with van der Waals surface area (Å²) in [6.07, 6.45) is 1.55. The number of carbonyl (C=O) groups is 1. The smallest absolute Gasteiger partial charge is 0.374 e. The standard InChI is InChI=1S/C20H24N4O7S2/c1-4-24-16-8-7-14(33(28,29)23(2)3)11-15(16)21-18(24)12-30-20(25)17-9-10-19(31-17)32(26,27)22-13-5-6-13/h7-11,13,22H,4-6,12H2,1-3H3. The second-order valence-corrected chi connectivity index (χ2v) is 11.6. The van der Waals surface area contributed by atoms with E-state index >= 15 is 0 Å². The predicted molar refractivity (Wildman–Crippen MR) is 117 cm³/mol. The number of imidazole rings is 1. The van der Waals surface area contributed by atoms with Crippen LogP contribution >= 0.6 is 0 Å². The third-order valence-corrected chi connectivity index (χ3v) is 8.38. The van der Waals surface area contributed by atoms with Gasteiger partial charge in [0, 0.05) is 26.7 Å². The lowest BCUT2D eigenvalue weighted by atomic mass is 10.3. The number of hydrogen-bond donors (Lipinski definition) is 1. The molecule has 4 rings (SSSR count). The SMILES string of the molecule is CCn1c(COC(=O)c2ccc(S(=O)(=O)NC3CC3)o2)nc2cc(S(=O)(=O)N(C)C)ccc21. The van der Waals surface area contributed by atoms with Gasteiger partial charge in [0.1, 0.15) is 12.4 Å². The first kappa shape index (κ1) is 23.4. The van der Waals surface area contributed by atoms with Crippen LogP contribution in [-0.4, -0.2) is 56.8 Å². The molecule has 2 heterocycles. The van der Waals surface area contributed by atoms with Crippen molar-refractivity contribution in [2.45, 2.75) is 48.9 Å². The second-order valence-electron chi connectivity index (χ2n) is 7.80. The maximum atomic E-state index is 12.4. The maximum Gasteiger partial charge on any atom is 0.374 e. The Labute approximate surface area is 191 Å². The highest BCUT2D eigenvalue weighted by molar-refractivity contribution is 7.89. The number of aromatic nitrogens is 2. The van der Waals surface area contributed by atoms with E-state index in [2.05, 4.69) is 9.71 Å². The molecule has 1 aromatic carbocycles. The van der Waals surface area contributed by atoms with E-state index in [9.17, 15) is 21.6 Å². The Morgan fingerprint density at radius 2 is 1.94 bits per heavy atom. The van der Waals surface area contributed by atoms with Gasteiger partial charge in [-0.3, -0.25) is 0 Å². The Kier molecular flexibility index (Phi) is 6.07.